The van der Waals surface area contributed by atoms with E-state index >= 15 is 0 Å². The molecule has 2 amide bonds. The van der Waals surface area contributed by atoms with Crippen molar-refractivity contribution in [1.29, 1.82) is 0 Å². The third-order valence-corrected chi connectivity index (χ3v) is 5.68. The summed E-state index contributed by atoms with van der Waals surface area (Å²) in [5, 5.41) is 20.3. The Labute approximate surface area is 185 Å². The molecule has 4 rings (SSSR count). The van der Waals surface area contributed by atoms with Crippen LogP contribution in [0, 0.1) is 5.82 Å². The number of rotatable bonds is 5. The van der Waals surface area contributed by atoms with E-state index in [1.165, 1.54) is 23.7 Å². The maximum atomic E-state index is 13.9. The first kappa shape index (κ1) is 21.5. The van der Waals surface area contributed by atoms with Crippen LogP contribution in [0.25, 0.3) is 11.3 Å². The van der Waals surface area contributed by atoms with Crippen molar-refractivity contribution in [1.82, 2.24) is 15.1 Å². The van der Waals surface area contributed by atoms with Gasteiger partial charge in [-0.2, -0.15) is 9.78 Å². The van der Waals surface area contributed by atoms with Crippen molar-refractivity contribution >= 4 is 17.6 Å². The highest BCUT2D eigenvalue weighted by molar-refractivity contribution is 5.90. The molecular formula is C24H25FN4O3. The minimum absolute atomic E-state index is 0.00603. The number of nitrogens with zero attached hydrogens (tertiary/aromatic N) is 2. The Morgan fingerprint density at radius 3 is 2.62 bits per heavy atom. The van der Waals surface area contributed by atoms with Gasteiger partial charge in [0.05, 0.1) is 11.4 Å². The van der Waals surface area contributed by atoms with E-state index in [1.54, 1.807) is 30.3 Å². The van der Waals surface area contributed by atoms with E-state index in [1.807, 2.05) is 6.07 Å². The van der Waals surface area contributed by atoms with Gasteiger partial charge in [-0.05, 0) is 43.2 Å². The summed E-state index contributed by atoms with van der Waals surface area (Å²) in [6.45, 7) is 1.44. The standard InChI is InChI=1S/C24H25FN4O3/c1-15(30)27-18-10-11-23(31)19(12-18)21-13-22(16-6-2-3-7-16)29(28-21)24(32)26-14-17-8-4-5-9-20(17)25/h4-5,8-13,16,31H,2-3,6-7,14H2,1H3,(H,26,32)(H,27,30). The Kier molecular flexibility index (Phi) is 6.20. The van der Waals surface area contributed by atoms with Gasteiger partial charge >= 0.3 is 6.03 Å². The predicted molar refractivity (Wildman–Crippen MR) is 119 cm³/mol. The molecule has 2 aromatic carbocycles. The van der Waals surface area contributed by atoms with Crippen LogP contribution in [0.1, 0.15) is 49.8 Å². The Bertz CT molecular complexity index is 1150. The van der Waals surface area contributed by atoms with Crippen molar-refractivity contribution in [2.75, 3.05) is 5.32 Å². The van der Waals surface area contributed by atoms with Crippen LogP contribution in [-0.4, -0.2) is 26.8 Å². The molecule has 1 heterocycles. The number of hydrogen-bond acceptors (Lipinski definition) is 4. The summed E-state index contributed by atoms with van der Waals surface area (Å²) in [6.07, 6.45) is 4.05. The second-order valence-corrected chi connectivity index (χ2v) is 8.01. The molecule has 1 saturated carbocycles. The van der Waals surface area contributed by atoms with E-state index in [0.29, 0.717) is 22.5 Å². The molecule has 7 nitrogen and oxygen atoms in total. The molecule has 32 heavy (non-hydrogen) atoms. The lowest BCUT2D eigenvalue weighted by atomic mass is 10.0. The number of halogens is 1. The first-order valence-electron chi connectivity index (χ1n) is 10.6. The quantitative estimate of drug-likeness (QED) is 0.502. The molecule has 1 fully saturated rings. The number of aromatic hydroxyl groups is 1. The zero-order valence-corrected chi connectivity index (χ0v) is 17.8. The van der Waals surface area contributed by atoms with Crippen molar-refractivity contribution in [3.63, 3.8) is 0 Å². The van der Waals surface area contributed by atoms with Crippen molar-refractivity contribution in [3.05, 3.63) is 65.6 Å². The SMILES string of the molecule is CC(=O)Nc1ccc(O)c(-c2cc(C3CCCC3)n(C(=O)NCc3ccccc3F)n2)c1. The maximum Gasteiger partial charge on any atom is 0.342 e. The highest BCUT2D eigenvalue weighted by Gasteiger charge is 2.26. The van der Waals surface area contributed by atoms with Crippen LogP contribution in [0.5, 0.6) is 5.75 Å². The summed E-state index contributed by atoms with van der Waals surface area (Å²) >= 11 is 0. The molecule has 1 aliphatic carbocycles. The zero-order chi connectivity index (χ0) is 22.7. The Morgan fingerprint density at radius 2 is 1.91 bits per heavy atom. The second kappa shape index (κ2) is 9.21. The average molecular weight is 436 g/mol. The van der Waals surface area contributed by atoms with Crippen LogP contribution in [0.2, 0.25) is 0 Å². The fourth-order valence-electron chi connectivity index (χ4n) is 4.11. The lowest BCUT2D eigenvalue weighted by Gasteiger charge is -2.12. The van der Waals surface area contributed by atoms with Gasteiger partial charge in [0.15, 0.2) is 0 Å². The molecule has 0 spiro atoms. The number of phenolic OH excluding ortho intramolecular Hbond substituents is 1. The Balaban J connectivity index is 1.66. The van der Waals surface area contributed by atoms with Crippen LogP contribution in [0.3, 0.4) is 0 Å². The molecule has 166 valence electrons. The van der Waals surface area contributed by atoms with Gasteiger partial charge in [0.25, 0.3) is 0 Å². The summed E-state index contributed by atoms with van der Waals surface area (Å²) in [4.78, 5) is 24.4. The Hall–Kier alpha value is -3.68. The molecule has 8 heteroatoms. The third kappa shape index (κ3) is 4.64. The topological polar surface area (TPSA) is 96.2 Å². The highest BCUT2D eigenvalue weighted by Crippen LogP contribution is 2.38. The third-order valence-electron chi connectivity index (χ3n) is 5.68. The maximum absolute atomic E-state index is 13.9. The van der Waals surface area contributed by atoms with E-state index < -0.39 is 6.03 Å². The summed E-state index contributed by atoms with van der Waals surface area (Å²) in [6, 6.07) is 12.3. The van der Waals surface area contributed by atoms with Crippen LogP contribution < -0.4 is 10.6 Å². The van der Waals surface area contributed by atoms with E-state index in [9.17, 15) is 19.1 Å². The van der Waals surface area contributed by atoms with Crippen LogP contribution >= 0.6 is 0 Å². The minimum atomic E-state index is -0.459. The van der Waals surface area contributed by atoms with Gasteiger partial charge in [0, 0.05) is 36.2 Å². The van der Waals surface area contributed by atoms with Gasteiger partial charge < -0.3 is 15.7 Å². The normalized spacial score (nSPS) is 13.8. The highest BCUT2D eigenvalue weighted by atomic mass is 19.1. The molecule has 1 aliphatic rings. The number of benzene rings is 2. The van der Waals surface area contributed by atoms with Crippen molar-refractivity contribution < 1.29 is 19.1 Å². The largest absolute Gasteiger partial charge is 0.507 e. The zero-order valence-electron chi connectivity index (χ0n) is 17.8. The summed E-state index contributed by atoms with van der Waals surface area (Å²) < 4.78 is 15.3. The fraction of sp³-hybridized carbons (Fsp3) is 0.292. The second-order valence-electron chi connectivity index (χ2n) is 8.01. The van der Waals surface area contributed by atoms with Crippen LogP contribution in [-0.2, 0) is 11.3 Å². The van der Waals surface area contributed by atoms with Crippen LogP contribution in [0.15, 0.2) is 48.5 Å². The summed E-state index contributed by atoms with van der Waals surface area (Å²) in [5.41, 5.74) is 2.50. The first-order valence-corrected chi connectivity index (χ1v) is 10.6. The van der Waals surface area contributed by atoms with Gasteiger partial charge in [-0.1, -0.05) is 31.0 Å². The van der Waals surface area contributed by atoms with E-state index in [4.69, 9.17) is 0 Å². The number of carbonyl (C=O) groups is 2. The molecule has 3 aromatic rings. The van der Waals surface area contributed by atoms with Gasteiger partial charge in [0.1, 0.15) is 11.6 Å². The predicted octanol–water partition coefficient (Wildman–Crippen LogP) is 4.77. The van der Waals surface area contributed by atoms with Crippen molar-refractivity contribution in [2.24, 2.45) is 0 Å². The summed E-state index contributed by atoms with van der Waals surface area (Å²) in [5.74, 6) is -0.444. The average Bonchev–Trinajstić information content (AvgIpc) is 3.44. The molecule has 0 bridgehead atoms. The summed E-state index contributed by atoms with van der Waals surface area (Å²) in [7, 11) is 0. The van der Waals surface area contributed by atoms with Crippen LogP contribution in [0.4, 0.5) is 14.9 Å². The number of carbonyl (C=O) groups excluding carboxylic acids is 2. The molecular weight excluding hydrogens is 411 g/mol. The van der Waals surface area contributed by atoms with Gasteiger partial charge in [0.2, 0.25) is 5.91 Å². The first-order chi connectivity index (χ1) is 15.4. The number of hydrogen-bond donors (Lipinski definition) is 3. The molecule has 0 atom stereocenters. The number of aromatic nitrogens is 2. The molecule has 3 N–H and O–H groups in total. The van der Waals surface area contributed by atoms with Gasteiger partial charge in [-0.25, -0.2) is 9.18 Å². The number of anilines is 1. The molecule has 0 aliphatic heterocycles. The minimum Gasteiger partial charge on any atom is -0.507 e. The fourth-order valence-corrected chi connectivity index (χ4v) is 4.11. The van der Waals surface area contributed by atoms with Gasteiger partial charge in [-0.3, -0.25) is 4.79 Å². The molecule has 0 saturated heterocycles. The smallest absolute Gasteiger partial charge is 0.342 e. The Morgan fingerprint density at radius 1 is 1.16 bits per heavy atom. The van der Waals surface area contributed by atoms with E-state index in [-0.39, 0.29) is 29.9 Å². The number of amides is 2. The lowest BCUT2D eigenvalue weighted by Crippen LogP contribution is -2.31. The molecule has 0 unspecified atom stereocenters. The van der Waals surface area contributed by atoms with Gasteiger partial charge in [-0.15, -0.1) is 0 Å². The monoisotopic (exact) mass is 436 g/mol. The lowest BCUT2D eigenvalue weighted by molar-refractivity contribution is -0.114. The van der Waals surface area contributed by atoms with Crippen molar-refractivity contribution in [2.45, 2.75) is 45.1 Å². The van der Waals surface area contributed by atoms with Crippen molar-refractivity contribution in [3.8, 4) is 17.0 Å². The van der Waals surface area contributed by atoms with E-state index in [2.05, 4.69) is 15.7 Å². The number of phenols is 1. The van der Waals surface area contributed by atoms with E-state index in [0.717, 1.165) is 31.4 Å². The molecule has 0 radical (unpaired) electrons. The number of nitrogens with one attached hydrogen (secondary N) is 2. The molecule has 1 aromatic heterocycles.